The van der Waals surface area contributed by atoms with E-state index in [4.69, 9.17) is 0 Å². The van der Waals surface area contributed by atoms with Crippen LogP contribution in [-0.4, -0.2) is 17.4 Å². The van der Waals surface area contributed by atoms with Crippen LogP contribution in [0.4, 0.5) is 20.2 Å². The molecule has 0 N–H and O–H groups in total. The van der Waals surface area contributed by atoms with Gasteiger partial charge in [0.1, 0.15) is 11.6 Å². The maximum atomic E-state index is 12.9. The number of hydrogen-bond acceptors (Lipinski definition) is 3. The second-order valence-electron chi connectivity index (χ2n) is 4.96. The van der Waals surface area contributed by atoms with Crippen LogP contribution < -0.4 is 0 Å². The molecule has 24 heavy (non-hydrogen) atoms. The number of aliphatic imine (C=N–C) groups is 2. The monoisotopic (exact) mass is 321 g/mol. The molecule has 3 nitrogen and oxygen atoms in total. The number of pyridine rings is 1. The number of hydrogen-bond donors (Lipinski definition) is 0. The molecule has 0 aliphatic rings. The van der Waals surface area contributed by atoms with E-state index in [1.54, 1.807) is 36.7 Å². The number of rotatable bonds is 4. The maximum Gasteiger partial charge on any atom is 0.123 e. The molecule has 3 rings (SSSR count). The van der Waals surface area contributed by atoms with Gasteiger partial charge in [-0.15, -0.1) is 0 Å². The van der Waals surface area contributed by atoms with E-state index in [0.29, 0.717) is 22.8 Å². The topological polar surface area (TPSA) is 37.6 Å². The lowest BCUT2D eigenvalue weighted by molar-refractivity contribution is 0.627. The Morgan fingerprint density at radius 3 is 1.46 bits per heavy atom. The summed E-state index contributed by atoms with van der Waals surface area (Å²) in [6.45, 7) is 0. The number of halogens is 2. The number of aromatic nitrogens is 1. The van der Waals surface area contributed by atoms with Crippen molar-refractivity contribution in [1.82, 2.24) is 4.98 Å². The van der Waals surface area contributed by atoms with Crippen molar-refractivity contribution in [2.24, 2.45) is 9.98 Å². The first-order chi connectivity index (χ1) is 11.7. The van der Waals surface area contributed by atoms with Crippen LogP contribution in [0, 0.1) is 11.6 Å². The summed E-state index contributed by atoms with van der Waals surface area (Å²) in [5.41, 5.74) is 2.59. The smallest absolute Gasteiger partial charge is 0.123 e. The van der Waals surface area contributed by atoms with Gasteiger partial charge in [0.25, 0.3) is 0 Å². The van der Waals surface area contributed by atoms with Crippen LogP contribution in [0.15, 0.2) is 76.7 Å². The molecule has 0 atom stereocenters. The van der Waals surface area contributed by atoms with Crippen LogP contribution in [0.5, 0.6) is 0 Å². The van der Waals surface area contributed by atoms with Gasteiger partial charge in [0.05, 0.1) is 35.2 Å². The van der Waals surface area contributed by atoms with E-state index in [-0.39, 0.29) is 11.6 Å². The fourth-order valence-electron chi connectivity index (χ4n) is 1.95. The summed E-state index contributed by atoms with van der Waals surface area (Å²) in [6, 6.07) is 17.2. The largest absolute Gasteiger partial charge is 0.255 e. The number of nitrogens with zero attached hydrogens (tertiary/aromatic N) is 3. The zero-order chi connectivity index (χ0) is 16.8. The minimum absolute atomic E-state index is 0.300. The summed E-state index contributed by atoms with van der Waals surface area (Å²) in [5.74, 6) is -0.600. The third-order valence-corrected chi connectivity index (χ3v) is 3.14. The molecule has 0 saturated heterocycles. The minimum Gasteiger partial charge on any atom is -0.255 e. The van der Waals surface area contributed by atoms with Crippen molar-refractivity contribution < 1.29 is 8.78 Å². The summed E-state index contributed by atoms with van der Waals surface area (Å²) in [6.07, 6.45) is 3.20. The van der Waals surface area contributed by atoms with Gasteiger partial charge in [-0.05, 0) is 60.7 Å². The quantitative estimate of drug-likeness (QED) is 0.632. The molecule has 118 valence electrons. The Morgan fingerprint density at radius 2 is 1.04 bits per heavy atom. The average molecular weight is 321 g/mol. The first-order valence-electron chi connectivity index (χ1n) is 7.25. The van der Waals surface area contributed by atoms with Gasteiger partial charge in [-0.1, -0.05) is 6.07 Å². The minimum atomic E-state index is -0.300. The van der Waals surface area contributed by atoms with Gasteiger partial charge in [-0.25, -0.2) is 13.8 Å². The number of benzene rings is 2. The Labute approximate surface area is 138 Å². The SMILES string of the molecule is Fc1ccc(N=Cc2cccc(C=Nc3ccc(F)cc3)n2)cc1. The summed E-state index contributed by atoms with van der Waals surface area (Å²) in [4.78, 5) is 12.9. The Hall–Kier alpha value is -3.21. The zero-order valence-corrected chi connectivity index (χ0v) is 12.6. The third-order valence-electron chi connectivity index (χ3n) is 3.14. The van der Waals surface area contributed by atoms with Crippen molar-refractivity contribution in [2.75, 3.05) is 0 Å². The predicted molar refractivity (Wildman–Crippen MR) is 91.5 cm³/mol. The summed E-state index contributed by atoms with van der Waals surface area (Å²) < 4.78 is 25.7. The Kier molecular flexibility index (Phi) is 4.81. The van der Waals surface area contributed by atoms with E-state index in [1.165, 1.54) is 24.3 Å². The lowest BCUT2D eigenvalue weighted by Gasteiger charge is -1.97. The summed E-state index contributed by atoms with van der Waals surface area (Å²) >= 11 is 0. The van der Waals surface area contributed by atoms with Crippen molar-refractivity contribution in [2.45, 2.75) is 0 Å². The molecule has 0 saturated carbocycles. The third kappa shape index (κ3) is 4.39. The van der Waals surface area contributed by atoms with E-state index in [9.17, 15) is 8.78 Å². The normalized spacial score (nSPS) is 11.4. The molecular formula is C19H13F2N3. The molecule has 3 aromatic rings. The van der Waals surface area contributed by atoms with E-state index < -0.39 is 0 Å². The van der Waals surface area contributed by atoms with Crippen molar-refractivity contribution >= 4 is 23.8 Å². The molecule has 0 unspecified atom stereocenters. The van der Waals surface area contributed by atoms with Gasteiger partial charge in [-0.2, -0.15) is 0 Å². The summed E-state index contributed by atoms with van der Waals surface area (Å²) in [5, 5.41) is 0. The highest BCUT2D eigenvalue weighted by Gasteiger charge is 1.95. The summed E-state index contributed by atoms with van der Waals surface area (Å²) in [7, 11) is 0. The second kappa shape index (κ2) is 7.37. The molecule has 2 aromatic carbocycles. The molecule has 1 heterocycles. The highest BCUT2D eigenvalue weighted by atomic mass is 19.1. The van der Waals surface area contributed by atoms with Gasteiger partial charge in [0.2, 0.25) is 0 Å². The molecule has 0 radical (unpaired) electrons. The molecule has 0 spiro atoms. The van der Waals surface area contributed by atoms with E-state index in [0.717, 1.165) is 0 Å². The molecule has 0 aliphatic carbocycles. The Balaban J connectivity index is 1.74. The molecule has 0 amide bonds. The van der Waals surface area contributed by atoms with Crippen molar-refractivity contribution in [3.8, 4) is 0 Å². The molecule has 0 fully saturated rings. The van der Waals surface area contributed by atoms with Gasteiger partial charge >= 0.3 is 0 Å². The molecule has 1 aromatic heterocycles. The lowest BCUT2D eigenvalue weighted by atomic mass is 10.3. The van der Waals surface area contributed by atoms with Crippen LogP contribution in [0.25, 0.3) is 0 Å². The van der Waals surface area contributed by atoms with E-state index in [1.807, 2.05) is 18.2 Å². The lowest BCUT2D eigenvalue weighted by Crippen LogP contribution is -1.92. The van der Waals surface area contributed by atoms with Crippen LogP contribution in [0.1, 0.15) is 11.4 Å². The van der Waals surface area contributed by atoms with E-state index in [2.05, 4.69) is 15.0 Å². The van der Waals surface area contributed by atoms with Gasteiger partial charge in [0.15, 0.2) is 0 Å². The van der Waals surface area contributed by atoms with Gasteiger partial charge in [-0.3, -0.25) is 9.98 Å². The second-order valence-corrected chi connectivity index (χ2v) is 4.96. The molecular weight excluding hydrogens is 308 g/mol. The van der Waals surface area contributed by atoms with Crippen LogP contribution in [-0.2, 0) is 0 Å². The average Bonchev–Trinajstić information content (AvgIpc) is 2.61. The van der Waals surface area contributed by atoms with Crippen LogP contribution in [0.3, 0.4) is 0 Å². The van der Waals surface area contributed by atoms with Crippen molar-refractivity contribution in [1.29, 1.82) is 0 Å². The zero-order valence-electron chi connectivity index (χ0n) is 12.6. The first kappa shape index (κ1) is 15.7. The van der Waals surface area contributed by atoms with Gasteiger partial charge in [0, 0.05) is 0 Å². The standard InChI is InChI=1S/C19H13F2N3/c20-14-4-8-16(9-5-14)22-12-18-2-1-3-19(24-18)13-23-17-10-6-15(21)7-11-17/h1-13H. The van der Waals surface area contributed by atoms with Gasteiger partial charge < -0.3 is 0 Å². The highest BCUT2D eigenvalue weighted by molar-refractivity contribution is 5.84. The Morgan fingerprint density at radius 1 is 0.625 bits per heavy atom. The fourth-order valence-corrected chi connectivity index (χ4v) is 1.95. The molecule has 0 aliphatic heterocycles. The van der Waals surface area contributed by atoms with Crippen LogP contribution >= 0.6 is 0 Å². The van der Waals surface area contributed by atoms with Crippen molar-refractivity contribution in [3.63, 3.8) is 0 Å². The van der Waals surface area contributed by atoms with Crippen molar-refractivity contribution in [3.05, 3.63) is 89.8 Å². The molecule has 0 bridgehead atoms. The Bertz CT molecular complexity index is 799. The highest BCUT2D eigenvalue weighted by Crippen LogP contribution is 2.13. The predicted octanol–water partition coefficient (Wildman–Crippen LogP) is 4.86. The van der Waals surface area contributed by atoms with Crippen LogP contribution in [0.2, 0.25) is 0 Å². The first-order valence-corrected chi connectivity index (χ1v) is 7.25. The maximum absolute atomic E-state index is 12.9. The fraction of sp³-hybridized carbons (Fsp3) is 0. The van der Waals surface area contributed by atoms with E-state index >= 15 is 0 Å². The molecule has 5 heteroatoms.